The number of benzene rings is 1. The van der Waals surface area contributed by atoms with Gasteiger partial charge in [0.25, 0.3) is 5.91 Å². The number of hydrogen-bond donors (Lipinski definition) is 2. The van der Waals surface area contributed by atoms with E-state index in [0.29, 0.717) is 9.90 Å². The van der Waals surface area contributed by atoms with Crippen LogP contribution in [0.1, 0.15) is 34.9 Å². The van der Waals surface area contributed by atoms with Crippen molar-refractivity contribution >= 4 is 38.9 Å². The van der Waals surface area contributed by atoms with Crippen LogP contribution in [0.4, 0.5) is 0 Å². The van der Waals surface area contributed by atoms with E-state index >= 15 is 0 Å². The number of amides is 1. The van der Waals surface area contributed by atoms with Gasteiger partial charge >= 0.3 is 0 Å². The van der Waals surface area contributed by atoms with E-state index in [-0.39, 0.29) is 11.9 Å². The van der Waals surface area contributed by atoms with E-state index in [9.17, 15) is 4.79 Å². The van der Waals surface area contributed by atoms with Gasteiger partial charge in [-0.1, -0.05) is 36.7 Å². The number of H-pyrrole nitrogens is 1. The molecule has 0 saturated heterocycles. The second-order valence-corrected chi connectivity index (χ2v) is 6.08. The fraction of sp³-hybridized carbons (Fsp3) is 0.200. The molecule has 1 atom stereocenters. The molecule has 0 aliphatic carbocycles. The lowest BCUT2D eigenvalue weighted by Gasteiger charge is -2.14. The molecule has 6 heteroatoms. The van der Waals surface area contributed by atoms with Gasteiger partial charge in [0.1, 0.15) is 10.7 Å². The molecule has 0 bridgehead atoms. The fourth-order valence-electron chi connectivity index (χ4n) is 2.22. The number of rotatable bonds is 4. The minimum atomic E-state index is -0.163. The summed E-state index contributed by atoms with van der Waals surface area (Å²) in [7, 11) is 0. The van der Waals surface area contributed by atoms with Crippen LogP contribution < -0.4 is 5.32 Å². The maximum absolute atomic E-state index is 12.5. The molecule has 0 saturated carbocycles. The van der Waals surface area contributed by atoms with Crippen molar-refractivity contribution < 1.29 is 4.79 Å². The molecule has 1 unspecified atom stereocenters. The van der Waals surface area contributed by atoms with E-state index < -0.39 is 0 Å². The third-order valence-corrected chi connectivity index (χ3v) is 4.98. The molecule has 0 aliphatic rings. The number of carbonyl (C=O) groups excluding carboxylic acids is 1. The summed E-state index contributed by atoms with van der Waals surface area (Å²) in [6.07, 6.45) is 4.18. The Bertz CT molecular complexity index is 766. The molecular weight excluding hydrogens is 306 g/mol. The van der Waals surface area contributed by atoms with Gasteiger partial charge in [-0.25, -0.2) is 4.98 Å². The molecule has 0 aliphatic heterocycles. The molecule has 2 aromatic heterocycles. The zero-order valence-corrected chi connectivity index (χ0v) is 13.0. The number of imidazole rings is 1. The molecule has 4 nitrogen and oxygen atoms in total. The summed E-state index contributed by atoms with van der Waals surface area (Å²) >= 11 is 7.74. The largest absolute Gasteiger partial charge is 0.347 e. The van der Waals surface area contributed by atoms with Crippen LogP contribution in [0.25, 0.3) is 10.1 Å². The Kier molecular flexibility index (Phi) is 3.94. The van der Waals surface area contributed by atoms with E-state index in [4.69, 9.17) is 11.6 Å². The monoisotopic (exact) mass is 319 g/mol. The minimum absolute atomic E-state index is 0.145. The Hall–Kier alpha value is -1.85. The Balaban J connectivity index is 1.88. The first-order valence-electron chi connectivity index (χ1n) is 6.68. The van der Waals surface area contributed by atoms with Crippen LogP contribution in [-0.4, -0.2) is 15.9 Å². The topological polar surface area (TPSA) is 57.8 Å². The van der Waals surface area contributed by atoms with Crippen LogP contribution in [0.3, 0.4) is 0 Å². The van der Waals surface area contributed by atoms with Gasteiger partial charge in [0.15, 0.2) is 0 Å². The molecule has 0 fully saturated rings. The number of carbonyl (C=O) groups is 1. The molecular formula is C15H14ClN3OS. The number of thiophene rings is 1. The van der Waals surface area contributed by atoms with Crippen LogP contribution in [0, 0.1) is 0 Å². The highest BCUT2D eigenvalue weighted by atomic mass is 35.5. The summed E-state index contributed by atoms with van der Waals surface area (Å²) in [6, 6.07) is 7.60. The third kappa shape index (κ3) is 2.66. The maximum Gasteiger partial charge on any atom is 0.263 e. The van der Waals surface area contributed by atoms with E-state index in [0.717, 1.165) is 22.3 Å². The number of hydrogen-bond acceptors (Lipinski definition) is 3. The summed E-state index contributed by atoms with van der Waals surface area (Å²) in [6.45, 7) is 2.00. The zero-order valence-electron chi connectivity index (χ0n) is 11.4. The third-order valence-electron chi connectivity index (χ3n) is 3.30. The smallest absolute Gasteiger partial charge is 0.263 e. The highest BCUT2D eigenvalue weighted by Crippen LogP contribution is 2.35. The second kappa shape index (κ2) is 5.87. The van der Waals surface area contributed by atoms with Crippen LogP contribution in [0.5, 0.6) is 0 Å². The van der Waals surface area contributed by atoms with Crippen molar-refractivity contribution in [2.75, 3.05) is 0 Å². The SMILES string of the molecule is CCC(NC(=O)c1sc2ccccc2c1Cl)c1ncc[nH]1. The Labute approximate surface area is 131 Å². The lowest BCUT2D eigenvalue weighted by molar-refractivity contribution is 0.0938. The Morgan fingerprint density at radius 3 is 2.95 bits per heavy atom. The van der Waals surface area contributed by atoms with Gasteiger partial charge in [0, 0.05) is 22.5 Å². The maximum atomic E-state index is 12.5. The highest BCUT2D eigenvalue weighted by molar-refractivity contribution is 7.21. The van der Waals surface area contributed by atoms with Gasteiger partial charge in [-0.3, -0.25) is 4.79 Å². The molecule has 2 N–H and O–H groups in total. The van der Waals surface area contributed by atoms with Crippen molar-refractivity contribution in [2.45, 2.75) is 19.4 Å². The van der Waals surface area contributed by atoms with Gasteiger partial charge in [-0.05, 0) is 12.5 Å². The van der Waals surface area contributed by atoms with Crippen molar-refractivity contribution in [1.82, 2.24) is 15.3 Å². The van der Waals surface area contributed by atoms with Crippen molar-refractivity contribution in [2.24, 2.45) is 0 Å². The van der Waals surface area contributed by atoms with Crippen LogP contribution in [0.2, 0.25) is 5.02 Å². The molecule has 108 valence electrons. The van der Waals surface area contributed by atoms with Gasteiger partial charge in [0.05, 0.1) is 11.1 Å². The normalized spacial score (nSPS) is 12.5. The van der Waals surface area contributed by atoms with Crippen molar-refractivity contribution in [3.05, 3.63) is 52.4 Å². The molecule has 0 spiro atoms. The summed E-state index contributed by atoms with van der Waals surface area (Å²) in [4.78, 5) is 20.2. The first-order chi connectivity index (χ1) is 10.2. The van der Waals surface area contributed by atoms with Crippen molar-refractivity contribution in [3.63, 3.8) is 0 Å². The molecule has 0 radical (unpaired) electrons. The predicted octanol–water partition coefficient (Wildman–Crippen LogP) is 4.16. The van der Waals surface area contributed by atoms with E-state index in [1.54, 1.807) is 12.4 Å². The number of aromatic nitrogens is 2. The van der Waals surface area contributed by atoms with Crippen molar-refractivity contribution in [3.8, 4) is 0 Å². The van der Waals surface area contributed by atoms with Crippen molar-refractivity contribution in [1.29, 1.82) is 0 Å². The molecule has 2 heterocycles. The summed E-state index contributed by atoms with van der Waals surface area (Å²) in [5.74, 6) is 0.590. The predicted molar refractivity (Wildman–Crippen MR) is 85.9 cm³/mol. The quantitative estimate of drug-likeness (QED) is 0.758. The van der Waals surface area contributed by atoms with E-state index in [1.807, 2.05) is 31.2 Å². The van der Waals surface area contributed by atoms with Gasteiger partial charge in [0.2, 0.25) is 0 Å². The lowest BCUT2D eigenvalue weighted by atomic mass is 10.2. The number of nitrogens with zero attached hydrogens (tertiary/aromatic N) is 1. The summed E-state index contributed by atoms with van der Waals surface area (Å²) < 4.78 is 1.01. The number of aromatic amines is 1. The molecule has 1 amide bonds. The number of fused-ring (bicyclic) bond motifs is 1. The average molecular weight is 320 g/mol. The zero-order chi connectivity index (χ0) is 14.8. The summed E-state index contributed by atoms with van der Waals surface area (Å²) in [5, 5.41) is 4.41. The Morgan fingerprint density at radius 1 is 1.48 bits per heavy atom. The number of nitrogens with one attached hydrogen (secondary N) is 2. The second-order valence-electron chi connectivity index (χ2n) is 4.65. The van der Waals surface area contributed by atoms with Crippen LogP contribution in [-0.2, 0) is 0 Å². The molecule has 21 heavy (non-hydrogen) atoms. The van der Waals surface area contributed by atoms with E-state index in [1.165, 1.54) is 11.3 Å². The first kappa shape index (κ1) is 14.1. The van der Waals surface area contributed by atoms with Crippen LogP contribution in [0.15, 0.2) is 36.7 Å². The first-order valence-corrected chi connectivity index (χ1v) is 7.87. The van der Waals surface area contributed by atoms with Gasteiger partial charge in [-0.15, -0.1) is 11.3 Å². The summed E-state index contributed by atoms with van der Waals surface area (Å²) in [5.41, 5.74) is 0. The van der Waals surface area contributed by atoms with Crippen LogP contribution >= 0.6 is 22.9 Å². The highest BCUT2D eigenvalue weighted by Gasteiger charge is 2.21. The average Bonchev–Trinajstić information content (AvgIpc) is 3.13. The standard InChI is InChI=1S/C15H14ClN3OS/c1-2-10(14-17-7-8-18-14)19-15(20)13-12(16)9-5-3-4-6-11(9)21-13/h3-8,10H,2H2,1H3,(H,17,18)(H,19,20). The number of halogens is 1. The minimum Gasteiger partial charge on any atom is -0.347 e. The van der Waals surface area contributed by atoms with Gasteiger partial charge in [-0.2, -0.15) is 0 Å². The Morgan fingerprint density at radius 2 is 2.29 bits per heavy atom. The molecule has 3 aromatic rings. The van der Waals surface area contributed by atoms with Gasteiger partial charge < -0.3 is 10.3 Å². The molecule has 1 aromatic carbocycles. The fourth-order valence-corrected chi connectivity index (χ4v) is 3.64. The molecule has 3 rings (SSSR count). The van der Waals surface area contributed by atoms with E-state index in [2.05, 4.69) is 15.3 Å². The lowest BCUT2D eigenvalue weighted by Crippen LogP contribution is -2.28.